The lowest BCUT2D eigenvalue weighted by Gasteiger charge is -2.13. The lowest BCUT2D eigenvalue weighted by Crippen LogP contribution is -2.10. The molecule has 8 nitrogen and oxygen atoms in total. The summed E-state index contributed by atoms with van der Waals surface area (Å²) in [6.07, 6.45) is 0. The Kier molecular flexibility index (Phi) is 4.95. The van der Waals surface area contributed by atoms with Crippen LogP contribution in [0.5, 0.6) is 0 Å². The second-order valence-electron chi connectivity index (χ2n) is 6.75. The molecule has 0 unspecified atom stereocenters. The smallest absolute Gasteiger partial charge is 0.335 e. The normalized spacial score (nSPS) is 10.1. The fourth-order valence-corrected chi connectivity index (χ4v) is 3.63. The molecular formula is C22H14N6O2. The Balaban J connectivity index is 2.37. The van der Waals surface area contributed by atoms with E-state index in [-0.39, 0.29) is 39.9 Å². The Hall–Kier alpha value is -4.66. The number of rotatable bonds is 3. The molecule has 0 saturated carbocycles. The largest absolute Gasteiger partial charge is 0.478 e. The molecule has 0 fully saturated rings. The van der Waals surface area contributed by atoms with Crippen molar-refractivity contribution in [1.29, 1.82) is 21.0 Å². The Labute approximate surface area is 172 Å². The van der Waals surface area contributed by atoms with Crippen molar-refractivity contribution in [1.82, 2.24) is 9.78 Å². The van der Waals surface area contributed by atoms with Gasteiger partial charge in [0.2, 0.25) is 0 Å². The lowest BCUT2D eigenvalue weighted by atomic mass is 9.93. The summed E-state index contributed by atoms with van der Waals surface area (Å²) in [7, 11) is 0. The van der Waals surface area contributed by atoms with Crippen LogP contribution < -0.4 is 0 Å². The number of benzene rings is 2. The quantitative estimate of drug-likeness (QED) is 0.716. The molecule has 0 spiro atoms. The van der Waals surface area contributed by atoms with E-state index in [1.54, 1.807) is 30.7 Å². The zero-order chi connectivity index (χ0) is 22.2. The molecule has 144 valence electrons. The van der Waals surface area contributed by atoms with E-state index in [4.69, 9.17) is 0 Å². The van der Waals surface area contributed by atoms with Gasteiger partial charge in [0.1, 0.15) is 29.8 Å². The number of aromatic nitrogens is 2. The van der Waals surface area contributed by atoms with Gasteiger partial charge in [0.05, 0.1) is 34.4 Å². The number of fused-ring (bicyclic) bond motifs is 1. The van der Waals surface area contributed by atoms with Gasteiger partial charge >= 0.3 is 5.97 Å². The summed E-state index contributed by atoms with van der Waals surface area (Å²) in [5, 5.41) is 52.4. The summed E-state index contributed by atoms with van der Waals surface area (Å²) < 4.78 is 1.57. The average Bonchev–Trinajstić information content (AvgIpc) is 3.04. The number of carbonyl (C=O) groups is 1. The molecule has 1 N–H and O–H groups in total. The Morgan fingerprint density at radius 1 is 0.967 bits per heavy atom. The summed E-state index contributed by atoms with van der Waals surface area (Å²) >= 11 is 0. The molecule has 0 aliphatic rings. The number of aryl methyl sites for hydroxylation is 2. The Morgan fingerprint density at radius 2 is 1.53 bits per heavy atom. The van der Waals surface area contributed by atoms with Crippen LogP contribution in [0.4, 0.5) is 0 Å². The summed E-state index contributed by atoms with van der Waals surface area (Å²) in [5.74, 6) is -1.04. The standard InChI is InChI=1S/C22H14N6O2/c1-11-4-5-14(22(29)30)12(2)19(11)10-28-13(3)20-17(8-25)15(6-23)16(7-24)18(9-26)21(20)27-28/h4-5H,10H2,1-3H3,(H,29,30). The van der Waals surface area contributed by atoms with Crippen LogP contribution in [0, 0.1) is 66.1 Å². The van der Waals surface area contributed by atoms with Crippen LogP contribution in [-0.4, -0.2) is 20.9 Å². The fraction of sp³-hybridized carbons (Fsp3) is 0.182. The van der Waals surface area contributed by atoms with Gasteiger partial charge in [-0.1, -0.05) is 6.07 Å². The van der Waals surface area contributed by atoms with Crippen LogP contribution in [0.1, 0.15) is 55.0 Å². The van der Waals surface area contributed by atoms with Gasteiger partial charge in [-0.15, -0.1) is 0 Å². The van der Waals surface area contributed by atoms with Crippen molar-refractivity contribution in [2.24, 2.45) is 0 Å². The Morgan fingerprint density at radius 3 is 2.07 bits per heavy atom. The third-order valence-electron chi connectivity index (χ3n) is 5.26. The van der Waals surface area contributed by atoms with Crippen LogP contribution >= 0.6 is 0 Å². The molecule has 30 heavy (non-hydrogen) atoms. The molecule has 0 amide bonds. The van der Waals surface area contributed by atoms with Crippen LogP contribution in [-0.2, 0) is 6.54 Å². The topological polar surface area (TPSA) is 150 Å². The first-order valence-electron chi connectivity index (χ1n) is 8.80. The average molecular weight is 394 g/mol. The predicted octanol–water partition coefficient (Wildman–Crippen LogP) is 3.19. The van der Waals surface area contributed by atoms with Gasteiger partial charge in [0.25, 0.3) is 0 Å². The predicted molar refractivity (Wildman–Crippen MR) is 105 cm³/mol. The van der Waals surface area contributed by atoms with Gasteiger partial charge in [-0.3, -0.25) is 4.68 Å². The fourth-order valence-electron chi connectivity index (χ4n) is 3.63. The van der Waals surface area contributed by atoms with E-state index < -0.39 is 5.97 Å². The maximum atomic E-state index is 11.5. The van der Waals surface area contributed by atoms with Crippen molar-refractivity contribution < 1.29 is 9.90 Å². The Bertz CT molecular complexity index is 1420. The van der Waals surface area contributed by atoms with Gasteiger partial charge in [-0.05, 0) is 43.5 Å². The van der Waals surface area contributed by atoms with Crippen LogP contribution in [0.2, 0.25) is 0 Å². The molecule has 3 rings (SSSR count). The van der Waals surface area contributed by atoms with E-state index in [2.05, 4.69) is 5.10 Å². The first kappa shape index (κ1) is 20.1. The number of carboxylic acids is 1. The van der Waals surface area contributed by atoms with E-state index in [0.717, 1.165) is 11.1 Å². The number of hydrogen-bond donors (Lipinski definition) is 1. The molecule has 0 aliphatic heterocycles. The van der Waals surface area contributed by atoms with Crippen molar-refractivity contribution in [3.05, 3.63) is 62.3 Å². The molecule has 0 radical (unpaired) electrons. The summed E-state index contributed by atoms with van der Waals surface area (Å²) in [5.41, 5.74) is 2.73. The number of nitriles is 4. The molecule has 8 heteroatoms. The number of hydrogen-bond acceptors (Lipinski definition) is 6. The summed E-state index contributed by atoms with van der Waals surface area (Å²) in [4.78, 5) is 11.5. The maximum Gasteiger partial charge on any atom is 0.335 e. The van der Waals surface area contributed by atoms with Gasteiger partial charge in [-0.25, -0.2) is 4.79 Å². The maximum absolute atomic E-state index is 11.5. The number of nitrogens with zero attached hydrogens (tertiary/aromatic N) is 6. The van der Waals surface area contributed by atoms with Crippen LogP contribution in [0.3, 0.4) is 0 Å². The van der Waals surface area contributed by atoms with Crippen molar-refractivity contribution in [2.45, 2.75) is 27.3 Å². The molecule has 3 aromatic rings. The molecule has 1 aromatic heterocycles. The highest BCUT2D eigenvalue weighted by molar-refractivity contribution is 5.96. The molecule has 0 atom stereocenters. The first-order chi connectivity index (χ1) is 14.3. The molecule has 0 bridgehead atoms. The van der Waals surface area contributed by atoms with E-state index in [1.165, 1.54) is 0 Å². The van der Waals surface area contributed by atoms with E-state index in [9.17, 15) is 30.9 Å². The van der Waals surface area contributed by atoms with Crippen molar-refractivity contribution in [3.8, 4) is 24.3 Å². The highest BCUT2D eigenvalue weighted by Crippen LogP contribution is 2.32. The summed E-state index contributed by atoms with van der Waals surface area (Å²) in [6, 6.07) is 10.9. The minimum Gasteiger partial charge on any atom is -0.478 e. The molecular weight excluding hydrogens is 380 g/mol. The zero-order valence-corrected chi connectivity index (χ0v) is 16.4. The number of aromatic carboxylic acids is 1. The SMILES string of the molecule is Cc1ccc(C(=O)O)c(C)c1Cn1nc2c(C#N)c(C#N)c(C#N)c(C#N)c2c1C. The highest BCUT2D eigenvalue weighted by Gasteiger charge is 2.25. The van der Waals surface area contributed by atoms with E-state index in [1.807, 2.05) is 31.2 Å². The van der Waals surface area contributed by atoms with Gasteiger partial charge < -0.3 is 5.11 Å². The third-order valence-corrected chi connectivity index (χ3v) is 5.26. The van der Waals surface area contributed by atoms with Gasteiger partial charge in [0, 0.05) is 11.1 Å². The van der Waals surface area contributed by atoms with Crippen LogP contribution in [0.15, 0.2) is 12.1 Å². The van der Waals surface area contributed by atoms with Crippen molar-refractivity contribution >= 4 is 16.9 Å². The second-order valence-corrected chi connectivity index (χ2v) is 6.75. The molecule has 0 aliphatic carbocycles. The third kappa shape index (κ3) is 2.81. The number of carboxylic acid groups (broad SMARTS) is 1. The van der Waals surface area contributed by atoms with Crippen molar-refractivity contribution in [2.75, 3.05) is 0 Å². The zero-order valence-electron chi connectivity index (χ0n) is 16.4. The van der Waals surface area contributed by atoms with E-state index >= 15 is 0 Å². The second kappa shape index (κ2) is 7.40. The monoisotopic (exact) mass is 394 g/mol. The van der Waals surface area contributed by atoms with Gasteiger partial charge in [-0.2, -0.15) is 26.1 Å². The summed E-state index contributed by atoms with van der Waals surface area (Å²) in [6.45, 7) is 5.48. The van der Waals surface area contributed by atoms with E-state index in [0.29, 0.717) is 16.6 Å². The molecule has 2 aromatic carbocycles. The minimum absolute atomic E-state index is 0.000435. The highest BCUT2D eigenvalue weighted by atomic mass is 16.4. The van der Waals surface area contributed by atoms with Crippen LogP contribution in [0.25, 0.3) is 10.9 Å². The van der Waals surface area contributed by atoms with Crippen molar-refractivity contribution in [3.63, 3.8) is 0 Å². The minimum atomic E-state index is -1.04. The lowest BCUT2D eigenvalue weighted by molar-refractivity contribution is 0.0696. The van der Waals surface area contributed by atoms with Gasteiger partial charge in [0.15, 0.2) is 0 Å². The first-order valence-corrected chi connectivity index (χ1v) is 8.80. The molecule has 0 saturated heterocycles. The molecule has 1 heterocycles.